The van der Waals surface area contributed by atoms with Gasteiger partial charge in [0.15, 0.2) is 0 Å². The first-order valence-electron chi connectivity index (χ1n) is 6.40. The van der Waals surface area contributed by atoms with Crippen LogP contribution in [0.2, 0.25) is 0 Å². The summed E-state index contributed by atoms with van der Waals surface area (Å²) < 4.78 is 5.63. The van der Waals surface area contributed by atoms with Crippen LogP contribution in [0.1, 0.15) is 12.0 Å². The molecule has 0 spiro atoms. The molecule has 0 radical (unpaired) electrons. The van der Waals surface area contributed by atoms with Gasteiger partial charge < -0.3 is 10.5 Å². The minimum Gasteiger partial charge on any atom is -0.457 e. The quantitative estimate of drug-likeness (QED) is 0.646. The van der Waals surface area contributed by atoms with Crippen molar-refractivity contribution >= 4 is 5.69 Å². The first kappa shape index (κ1) is 14.0. The Kier molecular flexibility index (Phi) is 4.68. The number of hydrogen-bond acceptors (Lipinski definition) is 4. The van der Waals surface area contributed by atoms with Crippen molar-refractivity contribution in [2.75, 3.05) is 6.54 Å². The van der Waals surface area contributed by atoms with Crippen LogP contribution in [-0.4, -0.2) is 11.5 Å². The van der Waals surface area contributed by atoms with Crippen molar-refractivity contribution in [3.05, 3.63) is 64.2 Å². The predicted molar refractivity (Wildman–Crippen MR) is 77.0 cm³/mol. The summed E-state index contributed by atoms with van der Waals surface area (Å²) in [6, 6.07) is 13.8. The molecule has 0 amide bonds. The number of nitro benzene ring substituents is 1. The van der Waals surface area contributed by atoms with E-state index in [0.717, 1.165) is 12.8 Å². The van der Waals surface area contributed by atoms with Gasteiger partial charge in [-0.25, -0.2) is 0 Å². The lowest BCUT2D eigenvalue weighted by atomic mass is 10.1. The molecule has 20 heavy (non-hydrogen) atoms. The number of hydrogen-bond donors (Lipinski definition) is 1. The number of ether oxygens (including phenoxy) is 1. The standard InChI is InChI=1S/C15H16N2O3/c16-11-1-2-12-3-7-14(8-4-12)20-15-9-5-13(6-10-15)17(18)19/h3-10H,1-2,11,16H2. The molecule has 5 heteroatoms. The third-order valence-electron chi connectivity index (χ3n) is 2.88. The third-order valence-corrected chi connectivity index (χ3v) is 2.88. The summed E-state index contributed by atoms with van der Waals surface area (Å²) in [7, 11) is 0. The van der Waals surface area contributed by atoms with Gasteiger partial charge in [-0.1, -0.05) is 12.1 Å². The maximum absolute atomic E-state index is 10.6. The minimum absolute atomic E-state index is 0.0504. The highest BCUT2D eigenvalue weighted by atomic mass is 16.6. The molecule has 0 unspecified atom stereocenters. The van der Waals surface area contributed by atoms with Gasteiger partial charge in [0.1, 0.15) is 11.5 Å². The van der Waals surface area contributed by atoms with Crippen LogP contribution >= 0.6 is 0 Å². The Labute approximate surface area is 117 Å². The van der Waals surface area contributed by atoms with E-state index < -0.39 is 4.92 Å². The van der Waals surface area contributed by atoms with Gasteiger partial charge in [-0.2, -0.15) is 0 Å². The fourth-order valence-electron chi connectivity index (χ4n) is 1.80. The first-order chi connectivity index (χ1) is 9.69. The van der Waals surface area contributed by atoms with E-state index in [0.29, 0.717) is 18.0 Å². The van der Waals surface area contributed by atoms with Crippen molar-refractivity contribution in [3.63, 3.8) is 0 Å². The fourth-order valence-corrected chi connectivity index (χ4v) is 1.80. The van der Waals surface area contributed by atoms with Crippen LogP contribution in [0.15, 0.2) is 48.5 Å². The molecule has 5 nitrogen and oxygen atoms in total. The van der Waals surface area contributed by atoms with E-state index in [4.69, 9.17) is 10.5 Å². The highest BCUT2D eigenvalue weighted by Crippen LogP contribution is 2.24. The average Bonchev–Trinajstić information content (AvgIpc) is 2.47. The van der Waals surface area contributed by atoms with Crippen LogP contribution in [0.4, 0.5) is 5.69 Å². The van der Waals surface area contributed by atoms with Gasteiger partial charge >= 0.3 is 0 Å². The van der Waals surface area contributed by atoms with Crippen LogP contribution in [0.25, 0.3) is 0 Å². The van der Waals surface area contributed by atoms with Gasteiger partial charge in [-0.15, -0.1) is 0 Å². The Bertz CT molecular complexity index is 565. The summed E-state index contributed by atoms with van der Waals surface area (Å²) in [6.07, 6.45) is 1.91. The van der Waals surface area contributed by atoms with Crippen molar-refractivity contribution in [2.45, 2.75) is 12.8 Å². The molecule has 0 aliphatic heterocycles. The Morgan fingerprint density at radius 1 is 1.00 bits per heavy atom. The Balaban J connectivity index is 2.00. The number of nitro groups is 1. The van der Waals surface area contributed by atoms with Crippen molar-refractivity contribution in [3.8, 4) is 11.5 Å². The topological polar surface area (TPSA) is 78.4 Å². The molecule has 0 fully saturated rings. The molecule has 0 aliphatic rings. The SMILES string of the molecule is NCCCc1ccc(Oc2ccc([N+](=O)[O-])cc2)cc1. The summed E-state index contributed by atoms with van der Waals surface area (Å²) in [5, 5.41) is 10.6. The molecule has 2 N–H and O–H groups in total. The van der Waals surface area contributed by atoms with Crippen molar-refractivity contribution in [1.82, 2.24) is 0 Å². The zero-order chi connectivity index (χ0) is 14.4. The average molecular weight is 272 g/mol. The number of aryl methyl sites for hydroxylation is 1. The third kappa shape index (κ3) is 3.80. The van der Waals surface area contributed by atoms with E-state index in [1.165, 1.54) is 17.7 Å². The molecule has 0 aliphatic carbocycles. The molecule has 2 aromatic rings. The van der Waals surface area contributed by atoms with Gasteiger partial charge in [-0.3, -0.25) is 10.1 Å². The number of benzene rings is 2. The normalized spacial score (nSPS) is 10.2. The maximum Gasteiger partial charge on any atom is 0.269 e. The molecule has 0 saturated carbocycles. The second-order valence-electron chi connectivity index (χ2n) is 4.39. The van der Waals surface area contributed by atoms with Gasteiger partial charge in [0.25, 0.3) is 5.69 Å². The van der Waals surface area contributed by atoms with Crippen molar-refractivity contribution in [2.24, 2.45) is 5.73 Å². The van der Waals surface area contributed by atoms with Crippen LogP contribution < -0.4 is 10.5 Å². The zero-order valence-electron chi connectivity index (χ0n) is 11.0. The Morgan fingerprint density at radius 3 is 2.05 bits per heavy atom. The number of nitrogens with zero attached hydrogens (tertiary/aromatic N) is 1. The number of non-ortho nitro benzene ring substituents is 1. The van der Waals surface area contributed by atoms with E-state index in [-0.39, 0.29) is 5.69 Å². The molecular weight excluding hydrogens is 256 g/mol. The molecule has 2 aromatic carbocycles. The van der Waals surface area contributed by atoms with Crippen LogP contribution in [-0.2, 0) is 6.42 Å². The van der Waals surface area contributed by atoms with Crippen LogP contribution in [0, 0.1) is 10.1 Å². The van der Waals surface area contributed by atoms with Crippen LogP contribution in [0.3, 0.4) is 0 Å². The molecule has 0 heterocycles. The Hall–Kier alpha value is -2.40. The zero-order valence-corrected chi connectivity index (χ0v) is 11.0. The van der Waals surface area contributed by atoms with Crippen molar-refractivity contribution < 1.29 is 9.66 Å². The first-order valence-corrected chi connectivity index (χ1v) is 6.40. The van der Waals surface area contributed by atoms with E-state index in [1.807, 2.05) is 24.3 Å². The largest absolute Gasteiger partial charge is 0.457 e. The predicted octanol–water partition coefficient (Wildman–Crippen LogP) is 3.28. The van der Waals surface area contributed by atoms with E-state index in [1.54, 1.807) is 12.1 Å². The summed E-state index contributed by atoms with van der Waals surface area (Å²) in [4.78, 5) is 10.1. The lowest BCUT2D eigenvalue weighted by molar-refractivity contribution is -0.384. The molecule has 0 saturated heterocycles. The fraction of sp³-hybridized carbons (Fsp3) is 0.200. The minimum atomic E-state index is -0.435. The second-order valence-corrected chi connectivity index (χ2v) is 4.39. The highest BCUT2D eigenvalue weighted by molar-refractivity contribution is 5.39. The summed E-state index contributed by atoms with van der Waals surface area (Å²) in [5.74, 6) is 1.28. The molecule has 2 rings (SSSR count). The summed E-state index contributed by atoms with van der Waals surface area (Å²) in [6.45, 7) is 0.682. The van der Waals surface area contributed by atoms with Gasteiger partial charge in [0.2, 0.25) is 0 Å². The van der Waals surface area contributed by atoms with E-state index in [2.05, 4.69) is 0 Å². The highest BCUT2D eigenvalue weighted by Gasteiger charge is 2.05. The molecule has 0 bridgehead atoms. The van der Waals surface area contributed by atoms with Crippen molar-refractivity contribution in [1.29, 1.82) is 0 Å². The number of rotatable bonds is 6. The summed E-state index contributed by atoms with van der Waals surface area (Å²) >= 11 is 0. The van der Waals surface area contributed by atoms with E-state index in [9.17, 15) is 10.1 Å². The lowest BCUT2D eigenvalue weighted by Crippen LogP contribution is -2.00. The maximum atomic E-state index is 10.6. The van der Waals surface area contributed by atoms with Gasteiger partial charge in [0.05, 0.1) is 4.92 Å². The molecule has 0 atom stereocenters. The molecule has 0 aromatic heterocycles. The monoisotopic (exact) mass is 272 g/mol. The Morgan fingerprint density at radius 2 is 1.55 bits per heavy atom. The van der Waals surface area contributed by atoms with Crippen LogP contribution in [0.5, 0.6) is 11.5 Å². The lowest BCUT2D eigenvalue weighted by Gasteiger charge is -2.06. The van der Waals surface area contributed by atoms with Gasteiger partial charge in [-0.05, 0) is 49.2 Å². The molecule has 104 valence electrons. The molecular formula is C15H16N2O3. The van der Waals surface area contributed by atoms with E-state index >= 15 is 0 Å². The smallest absolute Gasteiger partial charge is 0.269 e. The number of nitrogens with two attached hydrogens (primary N) is 1. The summed E-state index contributed by atoms with van der Waals surface area (Å²) in [5.41, 5.74) is 6.73. The second kappa shape index (κ2) is 6.68. The van der Waals surface area contributed by atoms with Gasteiger partial charge in [0, 0.05) is 12.1 Å².